The van der Waals surface area contributed by atoms with E-state index in [1.807, 2.05) is 12.1 Å². The smallest absolute Gasteiger partial charge is 0.408 e. The summed E-state index contributed by atoms with van der Waals surface area (Å²) in [5, 5.41) is 5.58. The highest BCUT2D eigenvalue weighted by atomic mass is 32.2. The van der Waals surface area contributed by atoms with Crippen molar-refractivity contribution in [2.45, 2.75) is 113 Å². The van der Waals surface area contributed by atoms with Gasteiger partial charge in [0.2, 0.25) is 21.8 Å². The first-order valence-corrected chi connectivity index (χ1v) is 19.7. The first-order chi connectivity index (χ1) is 25.1. The van der Waals surface area contributed by atoms with E-state index in [1.54, 1.807) is 52.3 Å². The fourth-order valence-electron chi connectivity index (χ4n) is 6.63. The van der Waals surface area contributed by atoms with Gasteiger partial charge in [-0.05, 0) is 77.5 Å². The van der Waals surface area contributed by atoms with Crippen molar-refractivity contribution in [2.24, 2.45) is 5.92 Å². The number of unbranched alkanes of at least 4 members (excludes halogenated alkanes) is 3. The monoisotopic (exact) mass is 753 g/mol. The number of carbonyl (C=O) groups is 4. The van der Waals surface area contributed by atoms with Crippen molar-refractivity contribution in [2.75, 3.05) is 13.7 Å². The van der Waals surface area contributed by atoms with Gasteiger partial charge in [-0.15, -0.1) is 13.2 Å². The maximum atomic E-state index is 14.5. The first kappa shape index (κ1) is 39.5. The SMILES string of the molecule is C=CCCCCC[C@H](NC(=O)OC(C)(C)C)C(=O)N1C[C@H](Oc2ccnc3cc(OC)ccc23)C[C@H]1C(=O)N[C@]1(C(=O)NS(=O)(=O)C2CC2)C[C@H]1C=C. The topological polar surface area (TPSA) is 182 Å². The van der Waals surface area contributed by atoms with E-state index >= 15 is 0 Å². The summed E-state index contributed by atoms with van der Waals surface area (Å²) in [4.78, 5) is 61.0. The number of nitrogens with one attached hydrogen (secondary N) is 3. The van der Waals surface area contributed by atoms with Crippen LogP contribution in [-0.2, 0) is 29.1 Å². The standard InChI is InChI=1S/C38H51N5O9S/c1-7-9-10-11-12-13-29(40-36(47)52-37(3,4)5)34(45)43-23-26(51-32-18-19-39-30-20-25(50-6)14-17-28(30)32)21-31(43)33(44)41-38(22-24(38)8-2)35(46)42-53(48,49)27-15-16-27/h7-8,14,17-20,24,26-27,29,31H,1-2,9-13,15-16,21-23H2,3-6H3,(H,40,47)(H,41,44)(H,42,46)/t24-,26-,29+,31+,38-/m1/s1. The van der Waals surface area contributed by atoms with Gasteiger partial charge in [-0.25, -0.2) is 13.2 Å². The molecule has 1 saturated heterocycles. The molecule has 288 valence electrons. The fourth-order valence-corrected chi connectivity index (χ4v) is 7.99. The van der Waals surface area contributed by atoms with Crippen LogP contribution in [0.1, 0.15) is 78.6 Å². The highest BCUT2D eigenvalue weighted by Crippen LogP contribution is 2.45. The zero-order valence-electron chi connectivity index (χ0n) is 30.9. The lowest BCUT2D eigenvalue weighted by molar-refractivity contribution is -0.141. The summed E-state index contributed by atoms with van der Waals surface area (Å²) in [5.41, 5.74) is -1.74. The molecule has 5 atom stereocenters. The van der Waals surface area contributed by atoms with E-state index in [0.717, 1.165) is 19.3 Å². The molecule has 4 amide bonds. The minimum Gasteiger partial charge on any atom is -0.497 e. The summed E-state index contributed by atoms with van der Waals surface area (Å²) >= 11 is 0. The Bertz CT molecular complexity index is 1840. The summed E-state index contributed by atoms with van der Waals surface area (Å²) in [6.07, 6.45) is 7.93. The number of fused-ring (bicyclic) bond motifs is 1. The number of aromatic nitrogens is 1. The molecule has 0 radical (unpaired) electrons. The van der Waals surface area contributed by atoms with E-state index in [2.05, 4.69) is 33.5 Å². The number of nitrogens with zero attached hydrogens (tertiary/aromatic N) is 2. The summed E-state index contributed by atoms with van der Waals surface area (Å²) in [7, 11) is -2.34. The molecular formula is C38H51N5O9S. The van der Waals surface area contributed by atoms with E-state index in [4.69, 9.17) is 14.2 Å². The molecule has 1 aromatic heterocycles. The third-order valence-corrected chi connectivity index (χ3v) is 11.5. The predicted molar refractivity (Wildman–Crippen MR) is 199 cm³/mol. The van der Waals surface area contributed by atoms with E-state index in [0.29, 0.717) is 41.7 Å². The lowest BCUT2D eigenvalue weighted by Crippen LogP contribution is -2.58. The molecule has 15 heteroatoms. The van der Waals surface area contributed by atoms with Gasteiger partial charge in [0.1, 0.15) is 40.8 Å². The van der Waals surface area contributed by atoms with Crippen LogP contribution < -0.4 is 24.8 Å². The Balaban J connectivity index is 1.42. The van der Waals surface area contributed by atoms with Gasteiger partial charge in [-0.3, -0.25) is 24.1 Å². The van der Waals surface area contributed by atoms with Crippen LogP contribution in [0.15, 0.2) is 55.8 Å². The van der Waals surface area contributed by atoms with Gasteiger partial charge in [0, 0.05) is 30.0 Å². The predicted octanol–water partition coefficient (Wildman–Crippen LogP) is 4.29. The average Bonchev–Trinajstić information content (AvgIpc) is 4.03. The van der Waals surface area contributed by atoms with Gasteiger partial charge in [0.15, 0.2) is 0 Å². The van der Waals surface area contributed by atoms with Crippen LogP contribution in [0.3, 0.4) is 0 Å². The Morgan fingerprint density at radius 1 is 1.11 bits per heavy atom. The number of hydrogen-bond donors (Lipinski definition) is 3. The Morgan fingerprint density at radius 2 is 1.87 bits per heavy atom. The molecule has 3 aliphatic rings. The van der Waals surface area contributed by atoms with Crippen LogP contribution in [-0.4, -0.2) is 90.3 Å². The van der Waals surface area contributed by atoms with Crippen LogP contribution in [0.5, 0.6) is 11.5 Å². The summed E-state index contributed by atoms with van der Waals surface area (Å²) in [6, 6.07) is 4.90. The minimum atomic E-state index is -3.90. The average molecular weight is 754 g/mol. The van der Waals surface area contributed by atoms with Gasteiger partial charge in [-0.1, -0.05) is 25.0 Å². The van der Waals surface area contributed by atoms with E-state index in [9.17, 15) is 27.6 Å². The maximum Gasteiger partial charge on any atom is 0.408 e. The molecule has 5 rings (SSSR count). The zero-order valence-corrected chi connectivity index (χ0v) is 31.7. The van der Waals surface area contributed by atoms with Gasteiger partial charge < -0.3 is 29.7 Å². The quantitative estimate of drug-likeness (QED) is 0.156. The molecule has 2 heterocycles. The second-order valence-corrected chi connectivity index (χ2v) is 16.9. The zero-order chi connectivity index (χ0) is 38.6. The van der Waals surface area contributed by atoms with E-state index in [1.165, 1.54) is 11.0 Å². The van der Waals surface area contributed by atoms with E-state index in [-0.39, 0.29) is 25.8 Å². The van der Waals surface area contributed by atoms with Crippen molar-refractivity contribution in [3.05, 3.63) is 55.8 Å². The molecular weight excluding hydrogens is 703 g/mol. The molecule has 2 saturated carbocycles. The number of carbonyl (C=O) groups excluding carboxylic acids is 4. The van der Waals surface area contributed by atoms with Crippen molar-refractivity contribution in [3.63, 3.8) is 0 Å². The molecule has 2 aliphatic carbocycles. The maximum absolute atomic E-state index is 14.5. The van der Waals surface area contributed by atoms with Gasteiger partial charge in [0.05, 0.1) is 24.4 Å². The summed E-state index contributed by atoms with van der Waals surface area (Å²) in [6.45, 7) is 12.7. The third-order valence-electron chi connectivity index (χ3n) is 9.69. The highest BCUT2D eigenvalue weighted by Gasteiger charge is 2.62. The number of amides is 4. The van der Waals surface area contributed by atoms with Crippen molar-refractivity contribution in [1.29, 1.82) is 0 Å². The number of alkyl carbamates (subject to hydrolysis) is 1. The number of sulfonamides is 1. The third kappa shape index (κ3) is 9.67. The number of pyridine rings is 1. The van der Waals surface area contributed by atoms with Gasteiger partial charge in [-0.2, -0.15) is 0 Å². The van der Waals surface area contributed by atoms with Crippen molar-refractivity contribution in [1.82, 2.24) is 25.2 Å². The first-order valence-electron chi connectivity index (χ1n) is 18.1. The number of methoxy groups -OCH3 is 1. The van der Waals surface area contributed by atoms with Crippen LogP contribution in [0.2, 0.25) is 0 Å². The Kier molecular flexibility index (Phi) is 12.0. The molecule has 0 bridgehead atoms. The largest absolute Gasteiger partial charge is 0.497 e. The number of allylic oxidation sites excluding steroid dienone is 1. The Labute approximate surface area is 311 Å². The number of benzene rings is 1. The molecule has 53 heavy (non-hydrogen) atoms. The highest BCUT2D eigenvalue weighted by molar-refractivity contribution is 7.91. The van der Waals surface area contributed by atoms with Gasteiger partial charge in [0.25, 0.3) is 5.91 Å². The van der Waals surface area contributed by atoms with Crippen molar-refractivity contribution in [3.8, 4) is 11.5 Å². The lowest BCUT2D eigenvalue weighted by Gasteiger charge is -2.30. The molecule has 14 nitrogen and oxygen atoms in total. The number of rotatable bonds is 17. The van der Waals surface area contributed by atoms with Crippen molar-refractivity contribution < 1.29 is 41.8 Å². The molecule has 3 N–H and O–H groups in total. The fraction of sp³-hybridized carbons (Fsp3) is 0.553. The Morgan fingerprint density at radius 3 is 2.51 bits per heavy atom. The van der Waals surface area contributed by atoms with Crippen LogP contribution >= 0.6 is 0 Å². The second kappa shape index (κ2) is 16.1. The molecule has 2 aromatic rings. The van der Waals surface area contributed by atoms with Crippen LogP contribution in [0, 0.1) is 5.92 Å². The van der Waals surface area contributed by atoms with Crippen molar-refractivity contribution >= 4 is 44.7 Å². The lowest BCUT2D eigenvalue weighted by atomic mass is 10.0. The molecule has 1 aliphatic heterocycles. The van der Waals surface area contributed by atoms with Crippen LogP contribution in [0.4, 0.5) is 4.79 Å². The second-order valence-electron chi connectivity index (χ2n) is 15.0. The number of likely N-dealkylation sites (tertiary alicyclic amines) is 1. The molecule has 0 unspecified atom stereocenters. The van der Waals surface area contributed by atoms with E-state index < -0.39 is 74.3 Å². The molecule has 3 fully saturated rings. The number of ether oxygens (including phenoxy) is 3. The summed E-state index contributed by atoms with van der Waals surface area (Å²) < 4.78 is 44.8. The Hall–Kier alpha value is -4.66. The number of hydrogen-bond acceptors (Lipinski definition) is 10. The van der Waals surface area contributed by atoms with Crippen LogP contribution in [0.25, 0.3) is 10.9 Å². The molecule has 1 aromatic carbocycles. The minimum absolute atomic E-state index is 0.0139. The molecule has 0 spiro atoms. The normalized spacial score (nSPS) is 23.0. The summed E-state index contributed by atoms with van der Waals surface area (Å²) in [5.74, 6) is -1.42. The van der Waals surface area contributed by atoms with Gasteiger partial charge >= 0.3 is 6.09 Å².